The average molecular weight is 240 g/mol. The highest BCUT2D eigenvalue weighted by Gasteiger charge is 2.33. The van der Waals surface area contributed by atoms with Gasteiger partial charge < -0.3 is 9.30 Å². The summed E-state index contributed by atoms with van der Waals surface area (Å²) in [6, 6.07) is 13.0. The van der Waals surface area contributed by atoms with Gasteiger partial charge >= 0.3 is 0 Å². The van der Waals surface area contributed by atoms with Crippen molar-refractivity contribution in [1.82, 2.24) is 9.47 Å². The summed E-state index contributed by atoms with van der Waals surface area (Å²) < 4.78 is 8.25. The summed E-state index contributed by atoms with van der Waals surface area (Å²) in [5.74, 6) is 0. The van der Waals surface area contributed by atoms with Crippen molar-refractivity contribution in [2.75, 3.05) is 13.2 Å². The first-order chi connectivity index (χ1) is 8.84. The minimum absolute atomic E-state index is 0.117. The highest BCUT2D eigenvalue weighted by atomic mass is 16.5. The molecule has 2 aliphatic heterocycles. The number of hydrogen-bond donors (Lipinski definition) is 0. The standard InChI is InChI=1S/C15H16N2O/c1-11-6-7-14-15-16(8-9-18-15)10-12-4-2-3-5-13(12)17(11)14/h2-7,15H,8-10H2,1H3. The van der Waals surface area contributed by atoms with Crippen LogP contribution in [0.4, 0.5) is 0 Å². The predicted octanol–water partition coefficient (Wildman–Crippen LogP) is 2.63. The average Bonchev–Trinajstić information content (AvgIpc) is 2.94. The van der Waals surface area contributed by atoms with E-state index in [1.807, 2.05) is 0 Å². The second kappa shape index (κ2) is 3.70. The van der Waals surface area contributed by atoms with Crippen molar-refractivity contribution < 1.29 is 4.74 Å². The Morgan fingerprint density at radius 3 is 3.00 bits per heavy atom. The molecule has 1 unspecified atom stereocenters. The molecule has 3 heterocycles. The molecule has 1 aromatic heterocycles. The van der Waals surface area contributed by atoms with E-state index >= 15 is 0 Å². The third-order valence-corrected chi connectivity index (χ3v) is 3.95. The number of aryl methyl sites for hydroxylation is 1. The zero-order chi connectivity index (χ0) is 12.1. The van der Waals surface area contributed by atoms with E-state index in [2.05, 4.69) is 52.8 Å². The SMILES string of the molecule is Cc1ccc2n1-c1ccccc1CN1CCOC21. The normalized spacial score (nSPS) is 22.2. The third kappa shape index (κ3) is 1.32. The molecule has 4 rings (SSSR count). The summed E-state index contributed by atoms with van der Waals surface area (Å²) in [6.45, 7) is 4.98. The van der Waals surface area contributed by atoms with E-state index in [0.717, 1.165) is 19.7 Å². The van der Waals surface area contributed by atoms with Gasteiger partial charge in [-0.2, -0.15) is 0 Å². The van der Waals surface area contributed by atoms with Crippen LogP contribution in [-0.2, 0) is 11.3 Å². The second-order valence-electron chi connectivity index (χ2n) is 5.06. The zero-order valence-corrected chi connectivity index (χ0v) is 10.5. The van der Waals surface area contributed by atoms with E-state index in [1.54, 1.807) is 0 Å². The summed E-state index contributed by atoms with van der Waals surface area (Å²) in [6.07, 6.45) is 0.117. The molecule has 2 aromatic rings. The van der Waals surface area contributed by atoms with Crippen LogP contribution in [0.2, 0.25) is 0 Å². The van der Waals surface area contributed by atoms with Crippen LogP contribution in [-0.4, -0.2) is 22.6 Å². The molecule has 1 fully saturated rings. The van der Waals surface area contributed by atoms with Gasteiger partial charge in [0.1, 0.15) is 0 Å². The van der Waals surface area contributed by atoms with Crippen LogP contribution < -0.4 is 0 Å². The van der Waals surface area contributed by atoms with Crippen LogP contribution >= 0.6 is 0 Å². The number of fused-ring (bicyclic) bond motifs is 5. The van der Waals surface area contributed by atoms with E-state index in [9.17, 15) is 0 Å². The van der Waals surface area contributed by atoms with Crippen molar-refractivity contribution in [1.29, 1.82) is 0 Å². The lowest BCUT2D eigenvalue weighted by Gasteiger charge is -2.20. The number of rotatable bonds is 0. The van der Waals surface area contributed by atoms with E-state index < -0.39 is 0 Å². The van der Waals surface area contributed by atoms with E-state index in [4.69, 9.17) is 4.74 Å². The van der Waals surface area contributed by atoms with Gasteiger partial charge in [0.15, 0.2) is 6.23 Å². The smallest absolute Gasteiger partial charge is 0.152 e. The van der Waals surface area contributed by atoms with Crippen LogP contribution in [0, 0.1) is 6.92 Å². The number of aromatic nitrogens is 1. The Hall–Kier alpha value is -1.58. The van der Waals surface area contributed by atoms with Gasteiger partial charge in [0.25, 0.3) is 0 Å². The molecule has 0 aliphatic carbocycles. The first kappa shape index (κ1) is 10.4. The van der Waals surface area contributed by atoms with Gasteiger partial charge in [-0.15, -0.1) is 0 Å². The highest BCUT2D eigenvalue weighted by molar-refractivity contribution is 5.46. The van der Waals surface area contributed by atoms with Crippen molar-refractivity contribution in [2.45, 2.75) is 19.7 Å². The maximum Gasteiger partial charge on any atom is 0.152 e. The fourth-order valence-electron chi connectivity index (χ4n) is 3.10. The lowest BCUT2D eigenvalue weighted by molar-refractivity contribution is 0.0264. The molecule has 1 saturated heterocycles. The molecule has 0 spiro atoms. The van der Waals surface area contributed by atoms with Crippen LogP contribution in [0.5, 0.6) is 0 Å². The van der Waals surface area contributed by atoms with Gasteiger partial charge in [0.05, 0.1) is 18.0 Å². The summed E-state index contributed by atoms with van der Waals surface area (Å²) >= 11 is 0. The molecule has 92 valence electrons. The molecule has 0 radical (unpaired) electrons. The minimum Gasteiger partial charge on any atom is -0.356 e. The monoisotopic (exact) mass is 240 g/mol. The number of benzene rings is 1. The number of hydrogen-bond acceptors (Lipinski definition) is 2. The topological polar surface area (TPSA) is 17.4 Å². The quantitative estimate of drug-likeness (QED) is 0.704. The number of para-hydroxylation sites is 1. The van der Waals surface area contributed by atoms with Gasteiger partial charge in [-0.3, -0.25) is 4.90 Å². The van der Waals surface area contributed by atoms with Crippen molar-refractivity contribution in [2.24, 2.45) is 0 Å². The summed E-state index contributed by atoms with van der Waals surface area (Å²) in [7, 11) is 0. The predicted molar refractivity (Wildman–Crippen MR) is 69.6 cm³/mol. The maximum absolute atomic E-state index is 5.91. The van der Waals surface area contributed by atoms with Gasteiger partial charge in [0, 0.05) is 18.8 Å². The Morgan fingerprint density at radius 1 is 1.17 bits per heavy atom. The largest absolute Gasteiger partial charge is 0.356 e. The molecule has 1 atom stereocenters. The van der Waals surface area contributed by atoms with Crippen LogP contribution in [0.15, 0.2) is 36.4 Å². The Morgan fingerprint density at radius 2 is 2.06 bits per heavy atom. The Kier molecular flexibility index (Phi) is 2.13. The van der Waals surface area contributed by atoms with Crippen molar-refractivity contribution in [3.05, 3.63) is 53.3 Å². The summed E-state index contributed by atoms with van der Waals surface area (Å²) in [4.78, 5) is 2.41. The lowest BCUT2D eigenvalue weighted by atomic mass is 10.1. The Labute approximate surface area is 107 Å². The van der Waals surface area contributed by atoms with E-state index in [-0.39, 0.29) is 6.23 Å². The van der Waals surface area contributed by atoms with E-state index in [0.29, 0.717) is 0 Å². The molecule has 0 saturated carbocycles. The van der Waals surface area contributed by atoms with Crippen LogP contribution in [0.1, 0.15) is 23.2 Å². The number of ether oxygens (including phenoxy) is 1. The summed E-state index contributed by atoms with van der Waals surface area (Å²) in [5, 5.41) is 0. The van der Waals surface area contributed by atoms with Gasteiger partial charge in [-0.05, 0) is 30.7 Å². The van der Waals surface area contributed by atoms with Crippen LogP contribution in [0.3, 0.4) is 0 Å². The lowest BCUT2D eigenvalue weighted by Crippen LogP contribution is -2.22. The molecular formula is C15H16N2O. The molecular weight excluding hydrogens is 224 g/mol. The van der Waals surface area contributed by atoms with Crippen molar-refractivity contribution >= 4 is 0 Å². The Balaban J connectivity index is 2.01. The van der Waals surface area contributed by atoms with Crippen molar-refractivity contribution in [3.63, 3.8) is 0 Å². The first-order valence-corrected chi connectivity index (χ1v) is 6.47. The highest BCUT2D eigenvalue weighted by Crippen LogP contribution is 2.36. The molecule has 18 heavy (non-hydrogen) atoms. The van der Waals surface area contributed by atoms with Gasteiger partial charge in [-0.25, -0.2) is 0 Å². The maximum atomic E-state index is 5.91. The third-order valence-electron chi connectivity index (χ3n) is 3.95. The molecule has 2 aliphatic rings. The van der Waals surface area contributed by atoms with Crippen LogP contribution in [0.25, 0.3) is 5.69 Å². The molecule has 1 aromatic carbocycles. The number of nitrogens with zero attached hydrogens (tertiary/aromatic N) is 2. The van der Waals surface area contributed by atoms with E-state index in [1.165, 1.54) is 22.6 Å². The molecule has 0 amide bonds. The van der Waals surface area contributed by atoms with Crippen molar-refractivity contribution in [3.8, 4) is 5.69 Å². The molecule has 0 N–H and O–H groups in total. The molecule has 0 bridgehead atoms. The minimum atomic E-state index is 0.117. The fourth-order valence-corrected chi connectivity index (χ4v) is 3.10. The molecule has 3 heteroatoms. The molecule has 3 nitrogen and oxygen atoms in total. The second-order valence-corrected chi connectivity index (χ2v) is 5.06. The van der Waals surface area contributed by atoms with Gasteiger partial charge in [-0.1, -0.05) is 18.2 Å². The first-order valence-electron chi connectivity index (χ1n) is 6.47. The summed E-state index contributed by atoms with van der Waals surface area (Å²) in [5.41, 5.74) is 5.21. The Bertz CT molecular complexity index is 602. The fraction of sp³-hybridized carbons (Fsp3) is 0.333. The van der Waals surface area contributed by atoms with Gasteiger partial charge in [0.2, 0.25) is 0 Å². The zero-order valence-electron chi connectivity index (χ0n) is 10.5.